The van der Waals surface area contributed by atoms with E-state index in [9.17, 15) is 4.79 Å². The Bertz CT molecular complexity index is 237. The first-order chi connectivity index (χ1) is 7.58. The summed E-state index contributed by atoms with van der Waals surface area (Å²) in [5, 5.41) is 0. The number of carbonyl (C=O) groups is 1. The van der Waals surface area contributed by atoms with Gasteiger partial charge >= 0.3 is 5.97 Å². The van der Waals surface area contributed by atoms with Crippen molar-refractivity contribution in [3.63, 3.8) is 0 Å². The highest BCUT2D eigenvalue weighted by molar-refractivity contribution is 9.12. The molecule has 0 spiro atoms. The predicted molar refractivity (Wildman–Crippen MR) is 74.1 cm³/mol. The predicted octanol–water partition coefficient (Wildman–Crippen LogP) is 3.70. The highest BCUT2D eigenvalue weighted by Gasteiger charge is 2.32. The molecule has 0 aliphatic heterocycles. The fourth-order valence-corrected chi connectivity index (χ4v) is 3.31. The number of esters is 1. The zero-order valence-electron chi connectivity index (χ0n) is 8.67. The first-order valence-corrected chi connectivity index (χ1v) is 8.09. The standard InChI is InChI=1S/C10H14Br2Cl2O2/c11-8-2-1-6(3-9(8)12)10(15)16-7(4-13)5-14/h6-9H,1-5H2/t6-,8+,9+/m1/s1. The lowest BCUT2D eigenvalue weighted by Gasteiger charge is -2.29. The van der Waals surface area contributed by atoms with E-state index in [4.69, 9.17) is 27.9 Å². The Morgan fingerprint density at radius 3 is 2.38 bits per heavy atom. The molecule has 0 bridgehead atoms. The zero-order chi connectivity index (χ0) is 12.1. The van der Waals surface area contributed by atoms with Crippen LogP contribution in [0.3, 0.4) is 0 Å². The third-order valence-electron chi connectivity index (χ3n) is 2.65. The van der Waals surface area contributed by atoms with E-state index in [-0.39, 0.29) is 29.8 Å². The maximum Gasteiger partial charge on any atom is 0.309 e. The van der Waals surface area contributed by atoms with Crippen LogP contribution in [0.25, 0.3) is 0 Å². The Labute approximate surface area is 123 Å². The summed E-state index contributed by atoms with van der Waals surface area (Å²) in [5.74, 6) is 0.295. The van der Waals surface area contributed by atoms with E-state index in [0.717, 1.165) is 19.3 Å². The molecule has 1 aliphatic rings. The lowest BCUT2D eigenvalue weighted by molar-refractivity contribution is -0.153. The minimum Gasteiger partial charge on any atom is -0.460 e. The third kappa shape index (κ3) is 4.35. The number of hydrogen-bond donors (Lipinski definition) is 0. The first kappa shape index (κ1) is 15.1. The van der Waals surface area contributed by atoms with Crippen molar-refractivity contribution in [2.45, 2.75) is 35.0 Å². The van der Waals surface area contributed by atoms with Crippen LogP contribution in [0, 0.1) is 5.92 Å². The fraction of sp³-hybridized carbons (Fsp3) is 0.900. The van der Waals surface area contributed by atoms with Gasteiger partial charge in [0.25, 0.3) is 0 Å². The second-order valence-corrected chi connectivity index (χ2v) is 6.88. The van der Waals surface area contributed by atoms with E-state index in [1.54, 1.807) is 0 Å². The summed E-state index contributed by atoms with van der Waals surface area (Å²) in [6.07, 6.45) is 2.26. The van der Waals surface area contributed by atoms with Gasteiger partial charge in [0.1, 0.15) is 6.10 Å². The molecule has 0 amide bonds. The van der Waals surface area contributed by atoms with Crippen molar-refractivity contribution in [3.05, 3.63) is 0 Å². The van der Waals surface area contributed by atoms with Gasteiger partial charge in [0.2, 0.25) is 0 Å². The maximum absolute atomic E-state index is 11.8. The van der Waals surface area contributed by atoms with Crippen molar-refractivity contribution < 1.29 is 9.53 Å². The quantitative estimate of drug-likeness (QED) is 0.535. The minimum absolute atomic E-state index is 0.0351. The smallest absolute Gasteiger partial charge is 0.309 e. The van der Waals surface area contributed by atoms with E-state index < -0.39 is 0 Å². The van der Waals surface area contributed by atoms with Crippen LogP contribution in [0.1, 0.15) is 19.3 Å². The van der Waals surface area contributed by atoms with Gasteiger partial charge in [-0.1, -0.05) is 31.9 Å². The number of carbonyl (C=O) groups excluding carboxylic acids is 1. The molecular formula is C10H14Br2Cl2O2. The molecule has 0 aromatic rings. The summed E-state index contributed by atoms with van der Waals surface area (Å²) in [7, 11) is 0. The summed E-state index contributed by atoms with van der Waals surface area (Å²) in [5.41, 5.74) is 0. The summed E-state index contributed by atoms with van der Waals surface area (Å²) in [6, 6.07) is 0. The van der Waals surface area contributed by atoms with Crippen LogP contribution in [-0.4, -0.2) is 33.5 Å². The van der Waals surface area contributed by atoms with Crippen LogP contribution in [0.5, 0.6) is 0 Å². The van der Waals surface area contributed by atoms with E-state index in [2.05, 4.69) is 31.9 Å². The lowest BCUT2D eigenvalue weighted by Crippen LogP contribution is -2.33. The van der Waals surface area contributed by atoms with E-state index in [1.165, 1.54) is 0 Å². The molecule has 0 aromatic heterocycles. The van der Waals surface area contributed by atoms with Crippen molar-refractivity contribution >= 4 is 61.0 Å². The van der Waals surface area contributed by atoms with Gasteiger partial charge in [0.05, 0.1) is 17.7 Å². The molecule has 1 aliphatic carbocycles. The topological polar surface area (TPSA) is 26.3 Å². The van der Waals surface area contributed by atoms with Gasteiger partial charge in [-0.15, -0.1) is 23.2 Å². The van der Waals surface area contributed by atoms with Crippen LogP contribution < -0.4 is 0 Å². The molecule has 16 heavy (non-hydrogen) atoms. The van der Waals surface area contributed by atoms with Crippen LogP contribution in [0.4, 0.5) is 0 Å². The van der Waals surface area contributed by atoms with Crippen LogP contribution in [0.15, 0.2) is 0 Å². The lowest BCUT2D eigenvalue weighted by atomic mass is 9.89. The minimum atomic E-state index is -0.369. The second-order valence-electron chi connectivity index (χ2n) is 3.91. The molecular weight excluding hydrogens is 383 g/mol. The summed E-state index contributed by atoms with van der Waals surface area (Å²) in [6.45, 7) is 0. The molecule has 1 fully saturated rings. The molecule has 6 heteroatoms. The molecule has 94 valence electrons. The number of halogens is 4. The van der Waals surface area contributed by atoms with Crippen molar-refractivity contribution in [1.82, 2.24) is 0 Å². The van der Waals surface area contributed by atoms with Gasteiger partial charge in [-0.05, 0) is 19.3 Å². The van der Waals surface area contributed by atoms with Gasteiger partial charge < -0.3 is 4.74 Å². The van der Waals surface area contributed by atoms with Crippen molar-refractivity contribution in [2.24, 2.45) is 5.92 Å². The summed E-state index contributed by atoms with van der Waals surface area (Å²) >= 11 is 18.4. The van der Waals surface area contributed by atoms with E-state index in [0.29, 0.717) is 9.65 Å². The SMILES string of the molecule is O=C(OC(CCl)CCl)[C@@H]1CC[C@H](Br)[C@@H](Br)C1. The van der Waals surface area contributed by atoms with Gasteiger partial charge in [-0.2, -0.15) is 0 Å². The Morgan fingerprint density at radius 2 is 1.88 bits per heavy atom. The normalized spacial score (nSPS) is 30.4. The molecule has 2 nitrogen and oxygen atoms in total. The number of hydrogen-bond acceptors (Lipinski definition) is 2. The second kappa shape index (κ2) is 7.45. The summed E-state index contributed by atoms with van der Waals surface area (Å²) < 4.78 is 5.23. The van der Waals surface area contributed by atoms with Gasteiger partial charge in [-0.3, -0.25) is 4.79 Å². The molecule has 0 heterocycles. The van der Waals surface area contributed by atoms with Crippen LogP contribution >= 0.6 is 55.1 Å². The van der Waals surface area contributed by atoms with Crippen molar-refractivity contribution in [2.75, 3.05) is 11.8 Å². The Hall–Kier alpha value is 1.01. The number of rotatable bonds is 4. The van der Waals surface area contributed by atoms with Gasteiger partial charge in [-0.25, -0.2) is 0 Å². The van der Waals surface area contributed by atoms with Crippen LogP contribution in [0.2, 0.25) is 0 Å². The number of ether oxygens (including phenoxy) is 1. The van der Waals surface area contributed by atoms with Gasteiger partial charge in [0.15, 0.2) is 0 Å². The third-order valence-corrected chi connectivity index (χ3v) is 6.16. The number of alkyl halides is 4. The molecule has 1 rings (SSSR count). The highest BCUT2D eigenvalue weighted by atomic mass is 79.9. The molecule has 0 N–H and O–H groups in total. The Balaban J connectivity index is 2.42. The molecule has 3 atom stereocenters. The van der Waals surface area contributed by atoms with Gasteiger partial charge in [0, 0.05) is 9.65 Å². The Kier molecular flexibility index (Phi) is 7.01. The maximum atomic E-state index is 11.8. The van der Waals surface area contributed by atoms with E-state index >= 15 is 0 Å². The first-order valence-electron chi connectivity index (χ1n) is 5.19. The van der Waals surface area contributed by atoms with Crippen molar-refractivity contribution in [1.29, 1.82) is 0 Å². The summed E-state index contributed by atoms with van der Waals surface area (Å²) in [4.78, 5) is 12.6. The van der Waals surface area contributed by atoms with Crippen LogP contribution in [-0.2, 0) is 9.53 Å². The zero-order valence-corrected chi connectivity index (χ0v) is 13.4. The average Bonchev–Trinajstić information content (AvgIpc) is 2.29. The van der Waals surface area contributed by atoms with E-state index in [1.807, 2.05) is 0 Å². The highest BCUT2D eigenvalue weighted by Crippen LogP contribution is 2.34. The molecule has 1 saturated carbocycles. The molecule has 0 saturated heterocycles. The fourth-order valence-electron chi connectivity index (χ4n) is 1.66. The molecule has 0 unspecified atom stereocenters. The Morgan fingerprint density at radius 1 is 1.25 bits per heavy atom. The molecule has 0 radical (unpaired) electrons. The molecule has 0 aromatic carbocycles. The van der Waals surface area contributed by atoms with Crippen molar-refractivity contribution in [3.8, 4) is 0 Å². The monoisotopic (exact) mass is 394 g/mol. The average molecular weight is 397 g/mol. The largest absolute Gasteiger partial charge is 0.460 e.